The first kappa shape index (κ1) is 12.7. The second-order valence-corrected chi connectivity index (χ2v) is 3.36. The molecular formula is C12H10O5. The quantitative estimate of drug-likeness (QED) is 0.819. The smallest absolute Gasteiger partial charge is 0.336 e. The number of aromatic carboxylic acids is 2. The molecule has 0 aliphatic rings. The summed E-state index contributed by atoms with van der Waals surface area (Å²) >= 11 is 0. The Hall–Kier alpha value is -2.40. The minimum atomic E-state index is -1.13. The number of carbonyl (C=O) groups is 2. The van der Waals surface area contributed by atoms with Gasteiger partial charge in [0.15, 0.2) is 0 Å². The van der Waals surface area contributed by atoms with Crippen LogP contribution in [0, 0.1) is 0 Å². The Labute approximate surface area is 96.2 Å². The minimum Gasteiger partial charge on any atom is -0.478 e. The van der Waals surface area contributed by atoms with Crippen molar-refractivity contribution in [3.8, 4) is 0 Å². The molecule has 2 aromatic carbocycles. The van der Waals surface area contributed by atoms with Crippen LogP contribution in [0.5, 0.6) is 0 Å². The van der Waals surface area contributed by atoms with Crippen LogP contribution in [-0.4, -0.2) is 27.6 Å². The molecule has 17 heavy (non-hydrogen) atoms. The molecular weight excluding hydrogens is 224 g/mol. The van der Waals surface area contributed by atoms with Crippen LogP contribution in [0.1, 0.15) is 20.7 Å². The molecule has 2 aromatic rings. The van der Waals surface area contributed by atoms with Crippen LogP contribution in [0.2, 0.25) is 0 Å². The molecule has 5 nitrogen and oxygen atoms in total. The van der Waals surface area contributed by atoms with Gasteiger partial charge in [-0.3, -0.25) is 0 Å². The van der Waals surface area contributed by atoms with Crippen molar-refractivity contribution < 1.29 is 25.3 Å². The van der Waals surface area contributed by atoms with Gasteiger partial charge in [0.25, 0.3) is 0 Å². The number of hydrogen-bond acceptors (Lipinski definition) is 2. The Kier molecular flexibility index (Phi) is 3.45. The fourth-order valence-electron chi connectivity index (χ4n) is 1.61. The Morgan fingerprint density at radius 3 is 2.18 bits per heavy atom. The average Bonchev–Trinajstić information content (AvgIpc) is 2.27. The first-order chi connectivity index (χ1) is 7.59. The molecule has 0 aromatic heterocycles. The van der Waals surface area contributed by atoms with Gasteiger partial charge in [0.2, 0.25) is 0 Å². The van der Waals surface area contributed by atoms with Crippen LogP contribution < -0.4 is 0 Å². The van der Waals surface area contributed by atoms with E-state index in [-0.39, 0.29) is 16.6 Å². The molecule has 0 heterocycles. The van der Waals surface area contributed by atoms with Gasteiger partial charge >= 0.3 is 11.9 Å². The molecule has 0 aliphatic heterocycles. The maximum absolute atomic E-state index is 11.0. The summed E-state index contributed by atoms with van der Waals surface area (Å²) in [7, 11) is 0. The van der Waals surface area contributed by atoms with E-state index in [1.807, 2.05) is 0 Å². The van der Waals surface area contributed by atoms with Crippen LogP contribution in [0.15, 0.2) is 36.4 Å². The van der Waals surface area contributed by atoms with Crippen molar-refractivity contribution >= 4 is 22.7 Å². The number of carboxylic acids is 2. The molecule has 0 unspecified atom stereocenters. The van der Waals surface area contributed by atoms with Crippen molar-refractivity contribution in [1.29, 1.82) is 0 Å². The highest BCUT2D eigenvalue weighted by molar-refractivity contribution is 6.07. The van der Waals surface area contributed by atoms with E-state index in [0.717, 1.165) is 0 Å². The van der Waals surface area contributed by atoms with E-state index in [0.29, 0.717) is 10.8 Å². The molecule has 2 rings (SSSR count). The van der Waals surface area contributed by atoms with E-state index in [1.165, 1.54) is 12.1 Å². The van der Waals surface area contributed by atoms with Gasteiger partial charge in [-0.1, -0.05) is 24.3 Å². The Bertz CT molecular complexity index is 588. The van der Waals surface area contributed by atoms with Crippen LogP contribution in [0.25, 0.3) is 10.8 Å². The minimum absolute atomic E-state index is 0. The zero-order chi connectivity index (χ0) is 11.7. The van der Waals surface area contributed by atoms with Crippen molar-refractivity contribution in [3.63, 3.8) is 0 Å². The van der Waals surface area contributed by atoms with Gasteiger partial charge < -0.3 is 15.7 Å². The van der Waals surface area contributed by atoms with E-state index in [2.05, 4.69) is 0 Å². The molecule has 5 heteroatoms. The maximum atomic E-state index is 11.0. The topological polar surface area (TPSA) is 106 Å². The highest BCUT2D eigenvalue weighted by Crippen LogP contribution is 2.21. The van der Waals surface area contributed by atoms with Gasteiger partial charge in [-0.15, -0.1) is 0 Å². The lowest BCUT2D eigenvalue weighted by atomic mass is 10.0. The van der Waals surface area contributed by atoms with Gasteiger partial charge in [-0.25, -0.2) is 9.59 Å². The summed E-state index contributed by atoms with van der Waals surface area (Å²) in [5, 5.41) is 19.0. The van der Waals surface area contributed by atoms with Crippen molar-refractivity contribution in [2.45, 2.75) is 0 Å². The zero-order valence-corrected chi connectivity index (χ0v) is 8.68. The summed E-state index contributed by atoms with van der Waals surface area (Å²) in [5.74, 6) is -2.26. The SMILES string of the molecule is O.O=C(O)c1cc(C(=O)O)c2ccccc2c1. The summed E-state index contributed by atoms with van der Waals surface area (Å²) in [5.41, 5.74) is -0.00778. The molecule has 0 amide bonds. The van der Waals surface area contributed by atoms with Gasteiger partial charge in [0, 0.05) is 0 Å². The van der Waals surface area contributed by atoms with Crippen LogP contribution in [0.3, 0.4) is 0 Å². The number of fused-ring (bicyclic) bond motifs is 1. The standard InChI is InChI=1S/C12H8O4.H2O/c13-11(14)8-5-7-3-1-2-4-9(7)10(6-8)12(15)16;/h1-6H,(H,13,14)(H,15,16);1H2. The van der Waals surface area contributed by atoms with Gasteiger partial charge in [-0.2, -0.15) is 0 Å². The largest absolute Gasteiger partial charge is 0.478 e. The molecule has 0 radical (unpaired) electrons. The third kappa shape index (κ3) is 2.24. The van der Waals surface area contributed by atoms with Crippen molar-refractivity contribution in [3.05, 3.63) is 47.5 Å². The van der Waals surface area contributed by atoms with E-state index in [9.17, 15) is 9.59 Å². The second kappa shape index (κ2) is 4.63. The maximum Gasteiger partial charge on any atom is 0.336 e. The summed E-state index contributed by atoms with van der Waals surface area (Å²) in [6, 6.07) is 9.44. The van der Waals surface area contributed by atoms with Gasteiger partial charge in [0.05, 0.1) is 11.1 Å². The van der Waals surface area contributed by atoms with Crippen LogP contribution in [0.4, 0.5) is 0 Å². The molecule has 0 saturated carbocycles. The fourth-order valence-corrected chi connectivity index (χ4v) is 1.61. The number of hydrogen-bond donors (Lipinski definition) is 2. The van der Waals surface area contributed by atoms with Crippen molar-refractivity contribution in [2.75, 3.05) is 0 Å². The molecule has 0 aliphatic carbocycles. The van der Waals surface area contributed by atoms with Crippen LogP contribution >= 0.6 is 0 Å². The number of benzene rings is 2. The van der Waals surface area contributed by atoms with Crippen LogP contribution in [-0.2, 0) is 0 Å². The molecule has 0 atom stereocenters. The summed E-state index contributed by atoms with van der Waals surface area (Å²) in [4.78, 5) is 21.8. The first-order valence-electron chi connectivity index (χ1n) is 4.59. The lowest BCUT2D eigenvalue weighted by molar-refractivity contribution is 0.0696. The Morgan fingerprint density at radius 1 is 0.941 bits per heavy atom. The third-order valence-corrected chi connectivity index (χ3v) is 2.34. The number of rotatable bonds is 2. The highest BCUT2D eigenvalue weighted by atomic mass is 16.4. The third-order valence-electron chi connectivity index (χ3n) is 2.34. The fraction of sp³-hybridized carbons (Fsp3) is 0. The van der Waals surface area contributed by atoms with E-state index < -0.39 is 11.9 Å². The second-order valence-electron chi connectivity index (χ2n) is 3.36. The molecule has 0 spiro atoms. The van der Waals surface area contributed by atoms with Gasteiger partial charge in [0.1, 0.15) is 0 Å². The predicted octanol–water partition coefficient (Wildman–Crippen LogP) is 1.41. The van der Waals surface area contributed by atoms with Crippen molar-refractivity contribution in [2.24, 2.45) is 0 Å². The molecule has 0 bridgehead atoms. The van der Waals surface area contributed by atoms with Crippen molar-refractivity contribution in [1.82, 2.24) is 0 Å². The van der Waals surface area contributed by atoms with E-state index in [4.69, 9.17) is 10.2 Å². The average molecular weight is 234 g/mol. The highest BCUT2D eigenvalue weighted by Gasteiger charge is 2.13. The normalized spacial score (nSPS) is 9.65. The first-order valence-corrected chi connectivity index (χ1v) is 4.59. The summed E-state index contributed by atoms with van der Waals surface area (Å²) in [6.45, 7) is 0. The Balaban J connectivity index is 0.00000144. The van der Waals surface area contributed by atoms with E-state index >= 15 is 0 Å². The lowest BCUT2D eigenvalue weighted by Crippen LogP contribution is -2.03. The van der Waals surface area contributed by atoms with Gasteiger partial charge in [-0.05, 0) is 22.9 Å². The molecule has 0 saturated heterocycles. The Morgan fingerprint density at radius 2 is 1.59 bits per heavy atom. The molecule has 88 valence electrons. The zero-order valence-electron chi connectivity index (χ0n) is 8.68. The summed E-state index contributed by atoms with van der Waals surface area (Å²) < 4.78 is 0. The van der Waals surface area contributed by atoms with E-state index in [1.54, 1.807) is 24.3 Å². The molecule has 4 N–H and O–H groups in total. The number of carboxylic acid groups (broad SMARTS) is 2. The predicted molar refractivity (Wildman–Crippen MR) is 61.5 cm³/mol. The molecule has 0 fully saturated rings. The summed E-state index contributed by atoms with van der Waals surface area (Å²) in [6.07, 6.45) is 0. The lowest BCUT2D eigenvalue weighted by Gasteiger charge is -2.04. The monoisotopic (exact) mass is 234 g/mol.